The molecule has 0 aliphatic carbocycles. The second kappa shape index (κ2) is 16.3. The van der Waals surface area contributed by atoms with Crippen molar-refractivity contribution in [1.82, 2.24) is 0 Å². The van der Waals surface area contributed by atoms with Gasteiger partial charge in [-0.15, -0.1) is 6.58 Å². The van der Waals surface area contributed by atoms with Crippen LogP contribution in [0.2, 0.25) is 0 Å². The molecule has 0 aromatic carbocycles. The van der Waals surface area contributed by atoms with Crippen LogP contribution in [-0.4, -0.2) is 51.4 Å². The second-order valence-corrected chi connectivity index (χ2v) is 3.71. The molecule has 0 amide bonds. The highest BCUT2D eigenvalue weighted by atomic mass is 16.5. The summed E-state index contributed by atoms with van der Waals surface area (Å²) in [6, 6.07) is 0. The zero-order chi connectivity index (χ0) is 13.3. The largest absolute Gasteiger partial charge is 0.394 e. The molecule has 0 aliphatic rings. The molecule has 0 bridgehead atoms. The average Bonchev–Trinajstić information content (AvgIpc) is 2.39. The molecule has 0 saturated carbocycles. The molecule has 0 rings (SSSR count). The highest BCUT2D eigenvalue weighted by Gasteiger charge is 1.89. The van der Waals surface area contributed by atoms with E-state index in [1.54, 1.807) is 0 Å². The van der Waals surface area contributed by atoms with E-state index in [0.29, 0.717) is 39.6 Å². The maximum absolute atomic E-state index is 8.46. The lowest BCUT2D eigenvalue weighted by Gasteiger charge is -2.04. The quantitative estimate of drug-likeness (QED) is 0.382. The van der Waals surface area contributed by atoms with E-state index in [9.17, 15) is 0 Å². The van der Waals surface area contributed by atoms with E-state index >= 15 is 0 Å². The van der Waals surface area contributed by atoms with Gasteiger partial charge in [0.2, 0.25) is 0 Å². The molecule has 0 radical (unpaired) electrons. The van der Waals surface area contributed by atoms with Gasteiger partial charge >= 0.3 is 0 Å². The van der Waals surface area contributed by atoms with Crippen LogP contribution in [0.4, 0.5) is 0 Å². The van der Waals surface area contributed by atoms with Crippen molar-refractivity contribution in [3.05, 3.63) is 24.8 Å². The van der Waals surface area contributed by atoms with Gasteiger partial charge in [-0.05, 0) is 19.3 Å². The SMILES string of the molecule is C=CCCC/C=C/COCCOCCOCCO. The fraction of sp³-hybridized carbons (Fsp3) is 0.714. The van der Waals surface area contributed by atoms with Gasteiger partial charge in [-0.2, -0.15) is 0 Å². The molecule has 0 aromatic rings. The van der Waals surface area contributed by atoms with Gasteiger partial charge in [-0.25, -0.2) is 0 Å². The summed E-state index contributed by atoms with van der Waals surface area (Å²) in [4.78, 5) is 0. The minimum absolute atomic E-state index is 0.0578. The lowest BCUT2D eigenvalue weighted by atomic mass is 10.2. The number of hydrogen-bond acceptors (Lipinski definition) is 4. The number of allylic oxidation sites excluding steroid dienone is 2. The minimum Gasteiger partial charge on any atom is -0.394 e. The third-order valence-electron chi connectivity index (χ3n) is 2.14. The number of aliphatic hydroxyl groups is 1. The van der Waals surface area contributed by atoms with Gasteiger partial charge in [0.15, 0.2) is 0 Å². The molecule has 0 aromatic heterocycles. The fourth-order valence-electron chi connectivity index (χ4n) is 1.22. The van der Waals surface area contributed by atoms with Crippen LogP contribution in [0.3, 0.4) is 0 Å². The van der Waals surface area contributed by atoms with Gasteiger partial charge in [-0.3, -0.25) is 0 Å². The number of aliphatic hydroxyl groups excluding tert-OH is 1. The standard InChI is InChI=1S/C14H26O4/c1-2-3-4-5-6-7-9-16-11-13-18-14-12-17-10-8-15/h2,6-7,15H,1,3-5,8-14H2/b7-6+. The van der Waals surface area contributed by atoms with Crippen LogP contribution in [-0.2, 0) is 14.2 Å². The number of ether oxygens (including phenoxy) is 3. The monoisotopic (exact) mass is 258 g/mol. The molecule has 4 nitrogen and oxygen atoms in total. The van der Waals surface area contributed by atoms with Crippen molar-refractivity contribution >= 4 is 0 Å². The van der Waals surface area contributed by atoms with E-state index in [1.165, 1.54) is 0 Å². The molecule has 106 valence electrons. The number of rotatable bonds is 14. The second-order valence-electron chi connectivity index (χ2n) is 3.71. The Hall–Kier alpha value is -0.680. The smallest absolute Gasteiger partial charge is 0.0704 e. The van der Waals surface area contributed by atoms with Crippen molar-refractivity contribution in [2.24, 2.45) is 0 Å². The molecule has 18 heavy (non-hydrogen) atoms. The van der Waals surface area contributed by atoms with Crippen LogP contribution in [0.1, 0.15) is 19.3 Å². The molecular weight excluding hydrogens is 232 g/mol. The topological polar surface area (TPSA) is 47.9 Å². The maximum atomic E-state index is 8.46. The molecule has 4 heteroatoms. The van der Waals surface area contributed by atoms with Crippen molar-refractivity contribution in [1.29, 1.82) is 0 Å². The Morgan fingerprint density at radius 2 is 1.50 bits per heavy atom. The third kappa shape index (κ3) is 15.3. The van der Waals surface area contributed by atoms with Gasteiger partial charge in [0.05, 0.1) is 46.2 Å². The zero-order valence-electron chi connectivity index (χ0n) is 11.2. The normalized spacial score (nSPS) is 11.2. The first kappa shape index (κ1) is 17.3. The molecular formula is C14H26O4. The highest BCUT2D eigenvalue weighted by Crippen LogP contribution is 1.96. The fourth-order valence-corrected chi connectivity index (χ4v) is 1.22. The first-order valence-electron chi connectivity index (χ1n) is 6.51. The van der Waals surface area contributed by atoms with E-state index in [0.717, 1.165) is 19.3 Å². The van der Waals surface area contributed by atoms with E-state index in [2.05, 4.69) is 12.7 Å². The van der Waals surface area contributed by atoms with Crippen LogP contribution < -0.4 is 0 Å². The number of hydrogen-bond donors (Lipinski definition) is 1. The lowest BCUT2D eigenvalue weighted by Crippen LogP contribution is -2.10. The van der Waals surface area contributed by atoms with Crippen molar-refractivity contribution in [2.45, 2.75) is 19.3 Å². The third-order valence-corrected chi connectivity index (χ3v) is 2.14. The molecule has 1 N–H and O–H groups in total. The molecule has 0 fully saturated rings. The molecule has 0 unspecified atom stereocenters. The average molecular weight is 258 g/mol. The maximum Gasteiger partial charge on any atom is 0.0704 e. The number of unbranched alkanes of at least 4 members (excludes halogenated alkanes) is 2. The van der Waals surface area contributed by atoms with Crippen LogP contribution in [0, 0.1) is 0 Å². The summed E-state index contributed by atoms with van der Waals surface area (Å²) in [6.45, 7) is 6.97. The van der Waals surface area contributed by atoms with Gasteiger partial charge < -0.3 is 19.3 Å². The first-order chi connectivity index (χ1) is 8.91. The predicted molar refractivity (Wildman–Crippen MR) is 72.7 cm³/mol. The highest BCUT2D eigenvalue weighted by molar-refractivity contribution is 4.82. The van der Waals surface area contributed by atoms with Crippen molar-refractivity contribution in [2.75, 3.05) is 46.2 Å². The van der Waals surface area contributed by atoms with E-state index < -0.39 is 0 Å². The van der Waals surface area contributed by atoms with Crippen LogP contribution >= 0.6 is 0 Å². The van der Waals surface area contributed by atoms with E-state index in [1.807, 2.05) is 12.2 Å². The summed E-state index contributed by atoms with van der Waals surface area (Å²) in [5.41, 5.74) is 0. The van der Waals surface area contributed by atoms with Crippen molar-refractivity contribution in [3.63, 3.8) is 0 Å². The Labute approximate surface area is 110 Å². The summed E-state index contributed by atoms with van der Waals surface area (Å²) < 4.78 is 15.7. The predicted octanol–water partition coefficient (Wildman–Crippen LogP) is 1.94. The van der Waals surface area contributed by atoms with Crippen LogP contribution in [0.5, 0.6) is 0 Å². The summed E-state index contributed by atoms with van der Waals surface area (Å²) in [6.07, 6.45) is 9.40. The Morgan fingerprint density at radius 1 is 0.833 bits per heavy atom. The summed E-state index contributed by atoms with van der Waals surface area (Å²) >= 11 is 0. The van der Waals surface area contributed by atoms with Crippen LogP contribution in [0.25, 0.3) is 0 Å². The Bertz CT molecular complexity index is 192. The Morgan fingerprint density at radius 3 is 2.17 bits per heavy atom. The Balaban J connectivity index is 3.00. The van der Waals surface area contributed by atoms with Gasteiger partial charge in [0.25, 0.3) is 0 Å². The van der Waals surface area contributed by atoms with Gasteiger partial charge in [-0.1, -0.05) is 18.2 Å². The summed E-state index contributed by atoms with van der Waals surface area (Å²) in [5.74, 6) is 0. The lowest BCUT2D eigenvalue weighted by molar-refractivity contribution is 0.0117. The molecule has 0 aliphatic heterocycles. The van der Waals surface area contributed by atoms with E-state index in [4.69, 9.17) is 19.3 Å². The molecule has 0 heterocycles. The molecule has 0 atom stereocenters. The Kier molecular flexibility index (Phi) is 15.7. The summed E-state index contributed by atoms with van der Waals surface area (Å²) in [5, 5.41) is 8.46. The van der Waals surface area contributed by atoms with Crippen molar-refractivity contribution in [3.8, 4) is 0 Å². The molecule has 0 saturated heterocycles. The van der Waals surface area contributed by atoms with Crippen molar-refractivity contribution < 1.29 is 19.3 Å². The molecule has 0 spiro atoms. The summed E-state index contributed by atoms with van der Waals surface area (Å²) in [7, 11) is 0. The van der Waals surface area contributed by atoms with Gasteiger partial charge in [0.1, 0.15) is 0 Å². The first-order valence-corrected chi connectivity index (χ1v) is 6.51. The van der Waals surface area contributed by atoms with Gasteiger partial charge in [0, 0.05) is 0 Å². The zero-order valence-corrected chi connectivity index (χ0v) is 11.2. The minimum atomic E-state index is 0.0578. The van der Waals surface area contributed by atoms with E-state index in [-0.39, 0.29) is 6.61 Å². The van der Waals surface area contributed by atoms with Crippen LogP contribution in [0.15, 0.2) is 24.8 Å².